The van der Waals surface area contributed by atoms with Crippen LogP contribution in [0.15, 0.2) is 28.4 Å². The minimum Gasteiger partial charge on any atom is -0.466 e. The van der Waals surface area contributed by atoms with E-state index in [1.807, 2.05) is 6.92 Å². The van der Waals surface area contributed by atoms with Crippen LogP contribution in [0.4, 0.5) is 11.6 Å². The molecule has 1 aliphatic rings. The summed E-state index contributed by atoms with van der Waals surface area (Å²) in [6.45, 7) is 3.60. The molecule has 0 atom stereocenters. The van der Waals surface area contributed by atoms with Gasteiger partial charge >= 0.3 is 5.97 Å². The molecule has 7 nitrogen and oxygen atoms in total. The van der Waals surface area contributed by atoms with Gasteiger partial charge in [0.15, 0.2) is 5.82 Å². The second-order valence-electron chi connectivity index (χ2n) is 5.95. The Balaban J connectivity index is 1.73. The molecule has 2 aromatic rings. The normalized spacial score (nSPS) is 15.0. The van der Waals surface area contributed by atoms with Gasteiger partial charge in [-0.3, -0.25) is 4.79 Å². The van der Waals surface area contributed by atoms with Crippen molar-refractivity contribution in [3.63, 3.8) is 0 Å². The lowest BCUT2D eigenvalue weighted by Crippen LogP contribution is -2.37. The van der Waals surface area contributed by atoms with Gasteiger partial charge in [-0.25, -0.2) is 15.0 Å². The number of nitrogens with two attached hydrogens (primary N) is 1. The second-order valence-corrected chi connectivity index (χ2v) is 7.74. The number of anilines is 2. The third-order valence-corrected chi connectivity index (χ3v) is 5.93. The van der Waals surface area contributed by atoms with E-state index in [4.69, 9.17) is 33.7 Å². The number of nitrogen functional groups attached to an aromatic ring is 1. The van der Waals surface area contributed by atoms with E-state index < -0.39 is 0 Å². The minimum atomic E-state index is -0.127. The third kappa shape index (κ3) is 4.75. The van der Waals surface area contributed by atoms with Gasteiger partial charge in [-0.05, 0) is 25.8 Å². The summed E-state index contributed by atoms with van der Waals surface area (Å²) in [6, 6.07) is 1.80. The zero-order valence-electron chi connectivity index (χ0n) is 14.7. The molecule has 0 aromatic carbocycles. The smallest absolute Gasteiger partial charge is 0.309 e. The van der Waals surface area contributed by atoms with Gasteiger partial charge in [-0.15, -0.1) is 0 Å². The van der Waals surface area contributed by atoms with Gasteiger partial charge in [0.2, 0.25) is 0 Å². The fraction of sp³-hybridized carbons (Fsp3) is 0.412. The van der Waals surface area contributed by atoms with Crippen LogP contribution in [-0.2, 0) is 9.53 Å². The number of piperidine rings is 1. The van der Waals surface area contributed by atoms with Crippen LogP contribution in [0.3, 0.4) is 0 Å². The highest BCUT2D eigenvalue weighted by Gasteiger charge is 2.28. The molecule has 27 heavy (non-hydrogen) atoms. The lowest BCUT2D eigenvalue weighted by atomic mass is 9.97. The summed E-state index contributed by atoms with van der Waals surface area (Å²) in [7, 11) is 0. The van der Waals surface area contributed by atoms with Crippen LogP contribution >= 0.6 is 35.0 Å². The number of ether oxygens (including phenoxy) is 1. The number of esters is 1. The first kappa shape index (κ1) is 20.0. The molecule has 0 amide bonds. The molecule has 2 aromatic heterocycles. The molecular formula is C17H19Cl2N5O2S. The highest BCUT2D eigenvalue weighted by molar-refractivity contribution is 7.99. The molecule has 0 bridgehead atoms. The second kappa shape index (κ2) is 8.95. The average Bonchev–Trinajstić information content (AvgIpc) is 2.66. The third-order valence-electron chi connectivity index (χ3n) is 4.19. The van der Waals surface area contributed by atoms with Crippen LogP contribution in [0.1, 0.15) is 19.8 Å². The molecule has 1 saturated heterocycles. The lowest BCUT2D eigenvalue weighted by molar-refractivity contribution is -0.148. The Hall–Kier alpha value is -1.77. The number of pyridine rings is 1. The highest BCUT2D eigenvalue weighted by atomic mass is 35.5. The van der Waals surface area contributed by atoms with Crippen LogP contribution < -0.4 is 10.6 Å². The van der Waals surface area contributed by atoms with Crippen molar-refractivity contribution in [2.24, 2.45) is 5.92 Å². The quantitative estimate of drug-likeness (QED) is 0.721. The number of carbonyl (C=O) groups is 1. The number of hydrogen-bond donors (Lipinski definition) is 1. The molecule has 0 radical (unpaired) electrons. The summed E-state index contributed by atoms with van der Waals surface area (Å²) >= 11 is 13.7. The van der Waals surface area contributed by atoms with Gasteiger partial charge in [-0.1, -0.05) is 35.0 Å². The Morgan fingerprint density at radius 3 is 2.78 bits per heavy atom. The first-order valence-corrected chi connectivity index (χ1v) is 10.1. The molecule has 3 heterocycles. The lowest BCUT2D eigenvalue weighted by Gasteiger charge is -2.32. The molecular weight excluding hydrogens is 409 g/mol. The molecule has 3 rings (SSSR count). The van der Waals surface area contributed by atoms with Crippen molar-refractivity contribution in [2.75, 3.05) is 30.3 Å². The van der Waals surface area contributed by atoms with Gasteiger partial charge in [0.25, 0.3) is 0 Å². The van der Waals surface area contributed by atoms with E-state index in [-0.39, 0.29) is 22.9 Å². The van der Waals surface area contributed by atoms with Crippen LogP contribution in [0, 0.1) is 5.92 Å². The molecule has 0 spiro atoms. The summed E-state index contributed by atoms with van der Waals surface area (Å²) in [4.78, 5) is 27.4. The maximum absolute atomic E-state index is 11.9. The Morgan fingerprint density at radius 2 is 2.11 bits per heavy atom. The Bertz CT molecular complexity index is 831. The van der Waals surface area contributed by atoms with E-state index >= 15 is 0 Å². The van der Waals surface area contributed by atoms with Crippen molar-refractivity contribution in [2.45, 2.75) is 29.7 Å². The van der Waals surface area contributed by atoms with Crippen molar-refractivity contribution in [3.05, 3.63) is 28.6 Å². The molecule has 144 valence electrons. The molecule has 0 saturated carbocycles. The number of nitrogens with zero attached hydrogens (tertiary/aromatic N) is 4. The minimum absolute atomic E-state index is 0.0679. The predicted octanol–water partition coefficient (Wildman–Crippen LogP) is 3.69. The molecule has 10 heteroatoms. The first-order valence-electron chi connectivity index (χ1n) is 8.51. The molecule has 1 aliphatic heterocycles. The number of hydrogen-bond acceptors (Lipinski definition) is 8. The van der Waals surface area contributed by atoms with E-state index in [2.05, 4.69) is 19.9 Å². The number of carbonyl (C=O) groups excluding carboxylic acids is 1. The van der Waals surface area contributed by atoms with E-state index in [1.165, 1.54) is 18.0 Å². The average molecular weight is 428 g/mol. The van der Waals surface area contributed by atoms with E-state index in [9.17, 15) is 4.79 Å². The van der Waals surface area contributed by atoms with Crippen LogP contribution in [0.2, 0.25) is 10.2 Å². The van der Waals surface area contributed by atoms with Crippen molar-refractivity contribution in [1.82, 2.24) is 15.0 Å². The predicted molar refractivity (Wildman–Crippen MR) is 106 cm³/mol. The van der Waals surface area contributed by atoms with Crippen LogP contribution in [-0.4, -0.2) is 40.6 Å². The van der Waals surface area contributed by atoms with Crippen molar-refractivity contribution in [1.29, 1.82) is 0 Å². The summed E-state index contributed by atoms with van der Waals surface area (Å²) in [5.41, 5.74) is 5.88. The van der Waals surface area contributed by atoms with Gasteiger partial charge in [0, 0.05) is 24.2 Å². The summed E-state index contributed by atoms with van der Waals surface area (Å²) in [6.07, 6.45) is 4.56. The Kier molecular flexibility index (Phi) is 6.62. The molecule has 1 fully saturated rings. The van der Waals surface area contributed by atoms with Crippen molar-refractivity contribution >= 4 is 52.6 Å². The fourth-order valence-electron chi connectivity index (χ4n) is 2.85. The maximum Gasteiger partial charge on any atom is 0.309 e. The van der Waals surface area contributed by atoms with E-state index in [0.29, 0.717) is 48.4 Å². The molecule has 0 aliphatic carbocycles. The van der Waals surface area contributed by atoms with Crippen LogP contribution in [0.5, 0.6) is 0 Å². The Morgan fingerprint density at radius 1 is 1.37 bits per heavy atom. The van der Waals surface area contributed by atoms with Crippen LogP contribution in [0.25, 0.3) is 0 Å². The van der Waals surface area contributed by atoms with Gasteiger partial charge in [0.05, 0.1) is 23.7 Å². The summed E-state index contributed by atoms with van der Waals surface area (Å²) in [5, 5.41) is 1.29. The summed E-state index contributed by atoms with van der Waals surface area (Å²) in [5.74, 6) is 0.737. The number of rotatable bonds is 5. The fourth-order valence-corrected chi connectivity index (χ4v) is 4.12. The van der Waals surface area contributed by atoms with E-state index in [1.54, 1.807) is 12.3 Å². The molecule has 0 unspecified atom stereocenters. The molecule has 2 N–H and O–H groups in total. The highest BCUT2D eigenvalue weighted by Crippen LogP contribution is 2.39. The monoisotopic (exact) mass is 427 g/mol. The van der Waals surface area contributed by atoms with Gasteiger partial charge in [-0.2, -0.15) is 0 Å². The van der Waals surface area contributed by atoms with Gasteiger partial charge < -0.3 is 15.4 Å². The maximum atomic E-state index is 11.9. The number of aromatic nitrogens is 3. The first-order chi connectivity index (χ1) is 13.0. The zero-order valence-corrected chi connectivity index (χ0v) is 17.0. The topological polar surface area (TPSA) is 94.2 Å². The number of halogens is 2. The van der Waals surface area contributed by atoms with Crippen molar-refractivity contribution in [3.8, 4) is 0 Å². The summed E-state index contributed by atoms with van der Waals surface area (Å²) < 4.78 is 5.11. The SMILES string of the molecule is CCOC(=O)C1CCN(c2nccc(Sc3ncc(Cl)nc3N)c2Cl)CC1. The standard InChI is InChI=1S/C17H19Cl2N5O2S/c1-2-26-17(25)10-4-7-24(8-5-10)15-13(19)11(3-6-21-15)27-16-14(20)23-12(18)9-22-16/h3,6,9-10H,2,4-5,7-8H2,1H3,(H2,20,23). The van der Waals surface area contributed by atoms with Gasteiger partial charge in [0.1, 0.15) is 16.0 Å². The van der Waals surface area contributed by atoms with Crippen molar-refractivity contribution < 1.29 is 9.53 Å². The Labute approximate surface area is 171 Å². The van der Waals surface area contributed by atoms with E-state index in [0.717, 1.165) is 4.90 Å². The zero-order chi connectivity index (χ0) is 19.4. The largest absolute Gasteiger partial charge is 0.466 e.